The molecule has 1 aromatic heterocycles. The highest BCUT2D eigenvalue weighted by molar-refractivity contribution is 6.06. The molecule has 6 heteroatoms. The molecule has 1 aromatic carbocycles. The minimum Gasteiger partial charge on any atom is -0.352 e. The van der Waals surface area contributed by atoms with Crippen molar-refractivity contribution in [3.05, 3.63) is 59.4 Å². The SMILES string of the molecule is Cc1ccccc1NC(=O)c1cncc(C(=O)NCCCN(C)C)c1. The first-order valence-corrected chi connectivity index (χ1v) is 8.22. The van der Waals surface area contributed by atoms with Crippen LogP contribution >= 0.6 is 0 Å². The van der Waals surface area contributed by atoms with E-state index in [0.29, 0.717) is 17.7 Å². The van der Waals surface area contributed by atoms with E-state index in [9.17, 15) is 9.59 Å². The zero-order valence-corrected chi connectivity index (χ0v) is 14.9. The number of nitrogens with zero attached hydrogens (tertiary/aromatic N) is 2. The molecule has 0 fully saturated rings. The summed E-state index contributed by atoms with van der Waals surface area (Å²) in [4.78, 5) is 30.6. The molecule has 0 radical (unpaired) electrons. The maximum atomic E-state index is 12.4. The van der Waals surface area contributed by atoms with Gasteiger partial charge in [0.25, 0.3) is 11.8 Å². The third kappa shape index (κ3) is 5.69. The number of pyridine rings is 1. The summed E-state index contributed by atoms with van der Waals surface area (Å²) < 4.78 is 0. The van der Waals surface area contributed by atoms with Crippen molar-refractivity contribution in [2.45, 2.75) is 13.3 Å². The van der Waals surface area contributed by atoms with Crippen LogP contribution in [0.5, 0.6) is 0 Å². The Kier molecular flexibility index (Phi) is 6.65. The highest BCUT2D eigenvalue weighted by Crippen LogP contribution is 2.14. The monoisotopic (exact) mass is 340 g/mol. The average Bonchev–Trinajstić information content (AvgIpc) is 2.60. The average molecular weight is 340 g/mol. The summed E-state index contributed by atoms with van der Waals surface area (Å²) in [6, 6.07) is 9.08. The van der Waals surface area contributed by atoms with E-state index in [-0.39, 0.29) is 11.8 Å². The number of nitrogens with one attached hydrogen (secondary N) is 2. The molecule has 0 atom stereocenters. The van der Waals surface area contributed by atoms with Crippen LogP contribution in [-0.4, -0.2) is 48.9 Å². The van der Waals surface area contributed by atoms with Crippen molar-refractivity contribution < 1.29 is 9.59 Å². The lowest BCUT2D eigenvalue weighted by molar-refractivity contribution is 0.0952. The standard InChI is InChI=1S/C19H24N4O2/c1-14-7-4-5-8-17(14)22-19(25)16-11-15(12-20-13-16)18(24)21-9-6-10-23(2)3/h4-5,7-8,11-13H,6,9-10H2,1-3H3,(H,21,24)(H,22,25). The van der Waals surface area contributed by atoms with Crippen molar-refractivity contribution in [3.63, 3.8) is 0 Å². The smallest absolute Gasteiger partial charge is 0.257 e. The normalized spacial score (nSPS) is 10.6. The number of rotatable bonds is 7. The summed E-state index contributed by atoms with van der Waals surface area (Å²) in [7, 11) is 3.98. The molecule has 25 heavy (non-hydrogen) atoms. The van der Waals surface area contributed by atoms with E-state index in [0.717, 1.165) is 24.2 Å². The highest BCUT2D eigenvalue weighted by atomic mass is 16.2. The second kappa shape index (κ2) is 8.94. The minimum atomic E-state index is -0.288. The van der Waals surface area contributed by atoms with Crippen molar-refractivity contribution in [2.24, 2.45) is 0 Å². The van der Waals surface area contributed by atoms with Crippen molar-refractivity contribution in [2.75, 3.05) is 32.5 Å². The van der Waals surface area contributed by atoms with Crippen LogP contribution in [0.3, 0.4) is 0 Å². The lowest BCUT2D eigenvalue weighted by Gasteiger charge is -2.10. The molecule has 0 bridgehead atoms. The third-order valence-corrected chi connectivity index (χ3v) is 3.72. The van der Waals surface area contributed by atoms with Crippen LogP contribution in [0, 0.1) is 6.92 Å². The van der Waals surface area contributed by atoms with Gasteiger partial charge in [0.1, 0.15) is 0 Å². The molecule has 0 aliphatic rings. The molecule has 2 aromatic rings. The number of anilines is 1. The number of para-hydroxylation sites is 1. The maximum Gasteiger partial charge on any atom is 0.257 e. The summed E-state index contributed by atoms with van der Waals surface area (Å²) in [5.41, 5.74) is 2.44. The molecule has 2 rings (SSSR count). The van der Waals surface area contributed by atoms with Gasteiger partial charge in [0.15, 0.2) is 0 Å². The Morgan fingerprint density at radius 3 is 2.44 bits per heavy atom. The van der Waals surface area contributed by atoms with Gasteiger partial charge >= 0.3 is 0 Å². The fourth-order valence-corrected chi connectivity index (χ4v) is 2.30. The van der Waals surface area contributed by atoms with Crippen molar-refractivity contribution in [1.82, 2.24) is 15.2 Å². The van der Waals surface area contributed by atoms with Crippen LogP contribution in [0.15, 0.2) is 42.7 Å². The number of amides is 2. The molecule has 6 nitrogen and oxygen atoms in total. The van der Waals surface area contributed by atoms with Crippen LogP contribution < -0.4 is 10.6 Å². The minimum absolute atomic E-state index is 0.225. The zero-order valence-electron chi connectivity index (χ0n) is 14.9. The van der Waals surface area contributed by atoms with Crippen LogP contribution in [0.2, 0.25) is 0 Å². The maximum absolute atomic E-state index is 12.4. The van der Waals surface area contributed by atoms with Crippen LogP contribution in [0.1, 0.15) is 32.7 Å². The molecule has 0 unspecified atom stereocenters. The van der Waals surface area contributed by atoms with Gasteiger partial charge in [-0.25, -0.2) is 0 Å². The lowest BCUT2D eigenvalue weighted by Crippen LogP contribution is -2.27. The second-order valence-corrected chi connectivity index (χ2v) is 6.14. The van der Waals surface area contributed by atoms with E-state index in [2.05, 4.69) is 20.5 Å². The van der Waals surface area contributed by atoms with Gasteiger partial charge < -0.3 is 15.5 Å². The third-order valence-electron chi connectivity index (χ3n) is 3.72. The molecular formula is C19H24N4O2. The Morgan fingerprint density at radius 1 is 1.08 bits per heavy atom. The highest BCUT2D eigenvalue weighted by Gasteiger charge is 2.12. The first-order valence-electron chi connectivity index (χ1n) is 8.22. The van der Waals surface area contributed by atoms with Gasteiger partial charge in [-0.2, -0.15) is 0 Å². The fraction of sp³-hybridized carbons (Fsp3) is 0.316. The van der Waals surface area contributed by atoms with E-state index >= 15 is 0 Å². The molecular weight excluding hydrogens is 316 g/mol. The molecule has 2 N–H and O–H groups in total. The predicted octanol–water partition coefficient (Wildman–Crippen LogP) is 2.32. The molecule has 0 saturated heterocycles. The van der Waals surface area contributed by atoms with Gasteiger partial charge in [0, 0.05) is 24.6 Å². The lowest BCUT2D eigenvalue weighted by atomic mass is 10.1. The number of carbonyl (C=O) groups excluding carboxylic acids is 2. The number of aryl methyl sites for hydroxylation is 1. The van der Waals surface area contributed by atoms with Crippen LogP contribution in [0.25, 0.3) is 0 Å². The Morgan fingerprint density at radius 2 is 1.76 bits per heavy atom. The molecule has 0 aliphatic carbocycles. The van der Waals surface area contributed by atoms with Gasteiger partial charge in [-0.05, 0) is 51.7 Å². The predicted molar refractivity (Wildman–Crippen MR) is 98.9 cm³/mol. The number of carbonyl (C=O) groups is 2. The fourth-order valence-electron chi connectivity index (χ4n) is 2.30. The summed E-state index contributed by atoms with van der Waals surface area (Å²) in [6.07, 6.45) is 3.78. The summed E-state index contributed by atoms with van der Waals surface area (Å²) >= 11 is 0. The van der Waals surface area contributed by atoms with Gasteiger partial charge in [-0.1, -0.05) is 18.2 Å². The largest absolute Gasteiger partial charge is 0.352 e. The van der Waals surface area contributed by atoms with Crippen LogP contribution in [-0.2, 0) is 0 Å². The number of aromatic nitrogens is 1. The molecule has 0 spiro atoms. The first kappa shape index (κ1) is 18.6. The molecule has 0 saturated carbocycles. The van der Waals surface area contributed by atoms with Crippen molar-refractivity contribution in [1.29, 1.82) is 0 Å². The number of hydrogen-bond acceptors (Lipinski definition) is 4. The Balaban J connectivity index is 1.99. The van der Waals surface area contributed by atoms with Crippen LogP contribution in [0.4, 0.5) is 5.69 Å². The number of hydrogen-bond donors (Lipinski definition) is 2. The first-order chi connectivity index (χ1) is 12.0. The molecule has 2 amide bonds. The summed E-state index contributed by atoms with van der Waals surface area (Å²) in [5, 5.41) is 5.68. The number of benzene rings is 1. The zero-order chi connectivity index (χ0) is 18.2. The van der Waals surface area contributed by atoms with E-state index in [1.54, 1.807) is 6.07 Å². The van der Waals surface area contributed by atoms with Crippen molar-refractivity contribution in [3.8, 4) is 0 Å². The van der Waals surface area contributed by atoms with E-state index in [1.807, 2.05) is 45.3 Å². The quantitative estimate of drug-likeness (QED) is 0.759. The van der Waals surface area contributed by atoms with E-state index in [4.69, 9.17) is 0 Å². The Bertz CT molecular complexity index is 744. The topological polar surface area (TPSA) is 74.3 Å². The summed E-state index contributed by atoms with van der Waals surface area (Å²) in [5.74, 6) is -0.513. The van der Waals surface area contributed by atoms with E-state index in [1.165, 1.54) is 12.4 Å². The van der Waals surface area contributed by atoms with Gasteiger partial charge in [-0.15, -0.1) is 0 Å². The Labute approximate surface area is 148 Å². The van der Waals surface area contributed by atoms with E-state index < -0.39 is 0 Å². The van der Waals surface area contributed by atoms with Crippen molar-refractivity contribution >= 4 is 17.5 Å². The van der Waals surface area contributed by atoms with Gasteiger partial charge in [0.2, 0.25) is 0 Å². The molecule has 1 heterocycles. The molecule has 0 aliphatic heterocycles. The second-order valence-electron chi connectivity index (χ2n) is 6.14. The Hall–Kier alpha value is -2.73. The van der Waals surface area contributed by atoms with Gasteiger partial charge in [0.05, 0.1) is 11.1 Å². The summed E-state index contributed by atoms with van der Waals surface area (Å²) in [6.45, 7) is 3.40. The molecule has 132 valence electrons. The van der Waals surface area contributed by atoms with Gasteiger partial charge in [-0.3, -0.25) is 14.6 Å².